The third-order valence-electron chi connectivity index (χ3n) is 12.3. The fourth-order valence-electron chi connectivity index (χ4n) is 8.20. The highest BCUT2D eigenvalue weighted by Crippen LogP contribution is 2.38. The summed E-state index contributed by atoms with van der Waals surface area (Å²) in [5.41, 5.74) is 6.01. The average Bonchev–Trinajstić information content (AvgIpc) is 4.08. The second-order valence-corrected chi connectivity index (χ2v) is 18.5. The van der Waals surface area contributed by atoms with E-state index in [0.29, 0.717) is 12.5 Å². The molecule has 378 valence electrons. The van der Waals surface area contributed by atoms with E-state index >= 15 is 0 Å². The van der Waals surface area contributed by atoms with Crippen molar-refractivity contribution in [2.75, 3.05) is 13.2 Å². The molecule has 18 nitrogen and oxygen atoms in total. The highest BCUT2D eigenvalue weighted by atomic mass is 16.7. The van der Waals surface area contributed by atoms with Gasteiger partial charge in [-0.25, -0.2) is 0 Å². The number of nitrogens with two attached hydrogens (primary N) is 1. The van der Waals surface area contributed by atoms with Gasteiger partial charge in [0.1, 0.15) is 12.2 Å². The van der Waals surface area contributed by atoms with Gasteiger partial charge in [0.15, 0.2) is 12.1 Å². The van der Waals surface area contributed by atoms with Crippen molar-refractivity contribution in [2.24, 2.45) is 23.5 Å². The van der Waals surface area contributed by atoms with Gasteiger partial charge in [-0.1, -0.05) is 92.0 Å². The molecule has 6 unspecified atom stereocenters. The van der Waals surface area contributed by atoms with Gasteiger partial charge in [-0.15, -0.1) is 0 Å². The van der Waals surface area contributed by atoms with Crippen molar-refractivity contribution >= 4 is 11.9 Å². The van der Waals surface area contributed by atoms with Gasteiger partial charge in [0.05, 0.1) is 86.0 Å². The lowest BCUT2D eigenvalue weighted by Crippen LogP contribution is -2.59. The van der Waals surface area contributed by atoms with Crippen LogP contribution >= 0.6 is 0 Å². The van der Waals surface area contributed by atoms with Gasteiger partial charge in [0, 0.05) is 44.6 Å². The minimum Gasteiger partial charge on any atom is -0.462 e. The number of hydrogen-bond donors (Lipinski definition) is 12. The quantitative estimate of drug-likeness (QED) is 0.167. The Balaban J connectivity index is 1.55. The molecule has 1 aliphatic carbocycles. The number of fused-ring (bicyclic) bond motifs is 2. The highest BCUT2D eigenvalue weighted by Gasteiger charge is 2.50. The van der Waals surface area contributed by atoms with Gasteiger partial charge >= 0.3 is 5.97 Å². The second kappa shape index (κ2) is 28.3. The molecule has 0 aromatic rings. The molecule has 4 aliphatic rings. The maximum atomic E-state index is 13.7. The van der Waals surface area contributed by atoms with Gasteiger partial charge in [0.2, 0.25) is 5.91 Å². The summed E-state index contributed by atoms with van der Waals surface area (Å²) >= 11 is 0. The average molecular weight is 949 g/mol. The number of aliphatic hydroxyl groups is 10. The van der Waals surface area contributed by atoms with E-state index in [9.17, 15) is 60.7 Å². The summed E-state index contributed by atoms with van der Waals surface area (Å²) in [6.07, 6.45) is 8.31. The van der Waals surface area contributed by atoms with Crippen LogP contribution in [0.4, 0.5) is 0 Å². The summed E-state index contributed by atoms with van der Waals surface area (Å²) in [4.78, 5) is 26.2. The van der Waals surface area contributed by atoms with Crippen LogP contribution in [-0.4, -0.2) is 167 Å². The normalized spacial score (nSPS) is 43.3. The van der Waals surface area contributed by atoms with Crippen LogP contribution in [0.25, 0.3) is 0 Å². The Morgan fingerprint density at radius 2 is 1.31 bits per heavy atom. The predicted octanol–water partition coefficient (Wildman–Crippen LogP) is 0.519. The molecular weight excluding hydrogens is 873 g/mol. The topological polar surface area (TPSA) is 311 Å². The first-order chi connectivity index (χ1) is 31.8. The Morgan fingerprint density at radius 3 is 1.94 bits per heavy atom. The molecular formula is C49H76N2O16. The van der Waals surface area contributed by atoms with E-state index in [1.165, 1.54) is 0 Å². The number of aliphatic hydroxyl groups excluding tert-OH is 9. The Kier molecular flexibility index (Phi) is 23.7. The smallest absolute Gasteiger partial charge is 0.308 e. The van der Waals surface area contributed by atoms with Crippen molar-refractivity contribution in [3.05, 3.63) is 85.1 Å². The van der Waals surface area contributed by atoms with Gasteiger partial charge < -0.3 is 81.1 Å². The van der Waals surface area contributed by atoms with Crippen LogP contribution in [0.1, 0.15) is 84.5 Å². The summed E-state index contributed by atoms with van der Waals surface area (Å²) in [5.74, 6) is -4.62. The number of carbonyl (C=O) groups excluding carboxylic acids is 2. The summed E-state index contributed by atoms with van der Waals surface area (Å²) in [6, 6.07) is -1.09. The van der Waals surface area contributed by atoms with E-state index in [1.54, 1.807) is 49.5 Å². The minimum atomic E-state index is -2.23. The standard InChI is InChI=1S/C49H76N2O16/c1-30-15-13-11-9-7-5-3-4-6-8-10-12-14-16-36(66-48-46(61)45(50)41(59)29-64-48)25-42-44(47(62)51-28-32-17-18-32)40(58)27-49(63,67-42)26-35(54)23-39(57)37(55)20-19-33(52)22-34(53)24-43(60)65-31(2)21-38(30)56/h3-16,30-42,44-46,48,52-59,61,63H,17-29,50H2,1-2H3,(H,51,62)/b4-3+,7-5+,8-6+,11-9+,12-10+,15-13+,16-14+/t30-,31-,33?,34?,35?,36?,37+,38-,39?,40-,41+,42-,44+,45-,46-,48-,49?/m0/s1. The zero-order valence-electron chi connectivity index (χ0n) is 38.6. The van der Waals surface area contributed by atoms with Crippen LogP contribution < -0.4 is 11.1 Å². The molecule has 3 fully saturated rings. The van der Waals surface area contributed by atoms with E-state index in [2.05, 4.69) is 5.32 Å². The number of rotatable bonds is 5. The van der Waals surface area contributed by atoms with Crippen LogP contribution in [0, 0.1) is 17.8 Å². The molecule has 1 saturated carbocycles. The highest BCUT2D eigenvalue weighted by molar-refractivity contribution is 5.80. The molecule has 3 heterocycles. The van der Waals surface area contributed by atoms with Crippen LogP contribution in [0.15, 0.2) is 85.1 Å². The molecule has 2 saturated heterocycles. The van der Waals surface area contributed by atoms with Crippen molar-refractivity contribution < 1.29 is 79.6 Å². The van der Waals surface area contributed by atoms with E-state index in [0.717, 1.165) is 12.8 Å². The Morgan fingerprint density at radius 1 is 0.701 bits per heavy atom. The molecule has 67 heavy (non-hydrogen) atoms. The monoisotopic (exact) mass is 949 g/mol. The molecule has 0 aromatic heterocycles. The van der Waals surface area contributed by atoms with Crippen LogP contribution in [0.5, 0.6) is 0 Å². The van der Waals surface area contributed by atoms with E-state index in [-0.39, 0.29) is 44.6 Å². The minimum absolute atomic E-state index is 0.0817. The number of amides is 1. The molecule has 1 amide bonds. The van der Waals surface area contributed by atoms with Crippen LogP contribution in [0.3, 0.4) is 0 Å². The third kappa shape index (κ3) is 20.2. The molecule has 0 radical (unpaired) electrons. The van der Waals surface area contributed by atoms with Crippen molar-refractivity contribution in [3.8, 4) is 0 Å². The lowest BCUT2D eigenvalue weighted by molar-refractivity contribution is -0.304. The molecule has 17 atom stereocenters. The van der Waals surface area contributed by atoms with Crippen molar-refractivity contribution in [1.82, 2.24) is 5.32 Å². The first-order valence-corrected chi connectivity index (χ1v) is 23.5. The Bertz CT molecular complexity index is 1720. The number of nitrogens with one attached hydrogen (secondary N) is 1. The number of cyclic esters (lactones) is 1. The van der Waals surface area contributed by atoms with Gasteiger partial charge in [-0.05, 0) is 44.9 Å². The second-order valence-electron chi connectivity index (χ2n) is 18.5. The lowest BCUT2D eigenvalue weighted by Gasteiger charge is -2.45. The molecule has 4 rings (SSSR count). The number of ether oxygens (including phenoxy) is 4. The van der Waals surface area contributed by atoms with E-state index < -0.39 is 135 Å². The fourth-order valence-corrected chi connectivity index (χ4v) is 8.20. The zero-order valence-corrected chi connectivity index (χ0v) is 38.6. The molecule has 18 heteroatoms. The van der Waals surface area contributed by atoms with Gasteiger partial charge in [-0.2, -0.15) is 0 Å². The van der Waals surface area contributed by atoms with Crippen LogP contribution in [0.2, 0.25) is 0 Å². The van der Waals surface area contributed by atoms with Crippen molar-refractivity contribution in [3.63, 3.8) is 0 Å². The maximum Gasteiger partial charge on any atom is 0.308 e. The van der Waals surface area contributed by atoms with E-state index in [4.69, 9.17) is 24.7 Å². The Labute approximate surface area is 393 Å². The molecule has 0 spiro atoms. The fraction of sp³-hybridized carbons (Fsp3) is 0.673. The number of carbonyl (C=O) groups is 2. The van der Waals surface area contributed by atoms with Crippen molar-refractivity contribution in [2.45, 2.75) is 176 Å². The molecule has 0 aromatic carbocycles. The zero-order chi connectivity index (χ0) is 49.1. The maximum absolute atomic E-state index is 13.7. The largest absolute Gasteiger partial charge is 0.462 e. The molecule has 3 aliphatic heterocycles. The lowest BCUT2D eigenvalue weighted by atomic mass is 9.82. The number of hydrogen-bond acceptors (Lipinski definition) is 17. The Hall–Kier alpha value is -3.44. The van der Waals surface area contributed by atoms with Gasteiger partial charge in [-0.3, -0.25) is 9.59 Å². The van der Waals surface area contributed by atoms with Crippen LogP contribution in [-0.2, 0) is 28.5 Å². The third-order valence-corrected chi connectivity index (χ3v) is 12.3. The first-order valence-electron chi connectivity index (χ1n) is 23.5. The van der Waals surface area contributed by atoms with Gasteiger partial charge in [0.25, 0.3) is 0 Å². The molecule has 2 bridgehead atoms. The summed E-state index contributed by atoms with van der Waals surface area (Å²) in [5, 5.41) is 112. The SMILES string of the molecule is C[C@H]1C[C@H](O)[C@@H](C)/C=C/C=C/C=C/C=C/C=C/C=C/C=C/C(O[C@@H]2OC[C@@H](O)[C@H](N)[C@@H]2O)C[C@@H]2OC(O)(CC(O)CC(O)[C@H](O)CCC(O)CC(O)CC(=O)O1)C[C@H](O)[C@H]2C(=O)NCC1CC1. The summed E-state index contributed by atoms with van der Waals surface area (Å²) < 4.78 is 23.3. The summed E-state index contributed by atoms with van der Waals surface area (Å²) in [6.45, 7) is 3.62. The summed E-state index contributed by atoms with van der Waals surface area (Å²) in [7, 11) is 0. The number of esters is 1. The molecule has 13 N–H and O–H groups in total. The van der Waals surface area contributed by atoms with Crippen molar-refractivity contribution in [1.29, 1.82) is 0 Å². The van der Waals surface area contributed by atoms with E-state index in [1.807, 2.05) is 49.5 Å². The predicted molar refractivity (Wildman–Crippen MR) is 246 cm³/mol. The number of allylic oxidation sites excluding steroid dienone is 12. The first kappa shape index (κ1) is 56.2.